The van der Waals surface area contributed by atoms with Crippen LogP contribution in [-0.4, -0.2) is 5.78 Å². The molecule has 0 aliphatic carbocycles. The van der Waals surface area contributed by atoms with Crippen molar-refractivity contribution in [2.24, 2.45) is 0 Å². The quantitative estimate of drug-likeness (QED) is 0.382. The zero-order valence-electron chi connectivity index (χ0n) is 10.4. The van der Waals surface area contributed by atoms with E-state index in [0.717, 1.165) is 37.2 Å². The first-order valence-corrected chi connectivity index (χ1v) is 6.16. The Balaban J connectivity index is 2.40. The second-order valence-electron chi connectivity index (χ2n) is 4.05. The number of furan rings is 1. The van der Waals surface area contributed by atoms with E-state index in [1.54, 1.807) is 18.2 Å². The Labute approximate surface area is 103 Å². The standard InChI is InChI=1S/C15H20O2/c1-3-5-6-8-13(16)9-10-15-12-11-14(17-15)7-4-2/h4,9-12H,2-3,5-8H2,1H3. The molecule has 0 N–H and O–H groups in total. The van der Waals surface area contributed by atoms with E-state index in [-0.39, 0.29) is 5.78 Å². The lowest BCUT2D eigenvalue weighted by Gasteiger charge is -1.93. The summed E-state index contributed by atoms with van der Waals surface area (Å²) in [5.74, 6) is 1.77. The zero-order valence-corrected chi connectivity index (χ0v) is 10.4. The van der Waals surface area contributed by atoms with E-state index < -0.39 is 0 Å². The van der Waals surface area contributed by atoms with Gasteiger partial charge in [0.1, 0.15) is 11.5 Å². The molecular weight excluding hydrogens is 212 g/mol. The van der Waals surface area contributed by atoms with Crippen molar-refractivity contribution in [1.29, 1.82) is 0 Å². The Morgan fingerprint density at radius 2 is 2.24 bits per heavy atom. The molecule has 0 aliphatic rings. The van der Waals surface area contributed by atoms with Gasteiger partial charge in [-0.3, -0.25) is 4.79 Å². The molecule has 0 amide bonds. The molecule has 0 radical (unpaired) electrons. The van der Waals surface area contributed by atoms with Crippen molar-refractivity contribution in [3.8, 4) is 0 Å². The van der Waals surface area contributed by atoms with Gasteiger partial charge in [0.05, 0.1) is 0 Å². The number of carbonyl (C=O) groups is 1. The highest BCUT2D eigenvalue weighted by Gasteiger charge is 1.99. The maximum atomic E-state index is 11.5. The van der Waals surface area contributed by atoms with Gasteiger partial charge in [0.2, 0.25) is 0 Å². The Kier molecular flexibility index (Phi) is 6.08. The maximum Gasteiger partial charge on any atom is 0.155 e. The van der Waals surface area contributed by atoms with Crippen LogP contribution in [0.1, 0.15) is 44.1 Å². The minimum absolute atomic E-state index is 0.167. The third kappa shape index (κ3) is 5.34. The number of allylic oxidation sites excluding steroid dienone is 2. The lowest BCUT2D eigenvalue weighted by atomic mass is 10.1. The van der Waals surface area contributed by atoms with E-state index in [2.05, 4.69) is 13.5 Å². The number of hydrogen-bond donors (Lipinski definition) is 0. The van der Waals surface area contributed by atoms with E-state index >= 15 is 0 Å². The van der Waals surface area contributed by atoms with Gasteiger partial charge in [-0.2, -0.15) is 0 Å². The summed E-state index contributed by atoms with van der Waals surface area (Å²) >= 11 is 0. The minimum atomic E-state index is 0.167. The van der Waals surface area contributed by atoms with Gasteiger partial charge in [-0.05, 0) is 30.7 Å². The molecular formula is C15H20O2. The topological polar surface area (TPSA) is 30.2 Å². The first-order chi connectivity index (χ1) is 8.26. The van der Waals surface area contributed by atoms with Crippen molar-refractivity contribution in [3.63, 3.8) is 0 Å². The lowest BCUT2D eigenvalue weighted by molar-refractivity contribution is -0.114. The molecule has 0 aliphatic heterocycles. The van der Waals surface area contributed by atoms with Crippen molar-refractivity contribution in [2.75, 3.05) is 0 Å². The number of hydrogen-bond acceptors (Lipinski definition) is 2. The van der Waals surface area contributed by atoms with Gasteiger partial charge in [0.15, 0.2) is 5.78 Å². The highest BCUT2D eigenvalue weighted by Crippen LogP contribution is 2.11. The van der Waals surface area contributed by atoms with Crippen LogP contribution in [0, 0.1) is 0 Å². The Bertz CT molecular complexity index is 385. The molecule has 2 nitrogen and oxygen atoms in total. The molecule has 0 bridgehead atoms. The van der Waals surface area contributed by atoms with E-state index in [4.69, 9.17) is 4.42 Å². The van der Waals surface area contributed by atoms with E-state index in [1.165, 1.54) is 0 Å². The molecule has 0 fully saturated rings. The average molecular weight is 232 g/mol. The summed E-state index contributed by atoms with van der Waals surface area (Å²) < 4.78 is 5.49. The van der Waals surface area contributed by atoms with Gasteiger partial charge in [0.25, 0.3) is 0 Å². The summed E-state index contributed by atoms with van der Waals surface area (Å²) in [6, 6.07) is 3.78. The van der Waals surface area contributed by atoms with Gasteiger partial charge in [0, 0.05) is 12.8 Å². The van der Waals surface area contributed by atoms with Crippen LogP contribution >= 0.6 is 0 Å². The van der Waals surface area contributed by atoms with Crippen LogP contribution in [0.4, 0.5) is 0 Å². The second-order valence-corrected chi connectivity index (χ2v) is 4.05. The maximum absolute atomic E-state index is 11.5. The van der Waals surface area contributed by atoms with Crippen LogP contribution in [-0.2, 0) is 11.2 Å². The van der Waals surface area contributed by atoms with E-state index in [1.807, 2.05) is 12.1 Å². The molecule has 0 atom stereocenters. The van der Waals surface area contributed by atoms with Crippen molar-refractivity contribution in [3.05, 3.63) is 42.4 Å². The molecule has 0 saturated carbocycles. The van der Waals surface area contributed by atoms with E-state index in [9.17, 15) is 4.79 Å². The molecule has 2 heteroatoms. The summed E-state index contributed by atoms with van der Waals surface area (Å²) in [6.45, 7) is 5.78. The van der Waals surface area contributed by atoms with Crippen LogP contribution < -0.4 is 0 Å². The molecule has 1 aromatic heterocycles. The third-order valence-electron chi connectivity index (χ3n) is 2.49. The van der Waals surface area contributed by atoms with Crippen molar-refractivity contribution in [2.45, 2.75) is 39.0 Å². The summed E-state index contributed by atoms with van der Waals surface area (Å²) in [7, 11) is 0. The first kappa shape index (κ1) is 13.5. The highest BCUT2D eigenvalue weighted by molar-refractivity contribution is 5.93. The molecule has 0 aromatic carbocycles. The fraction of sp³-hybridized carbons (Fsp3) is 0.400. The van der Waals surface area contributed by atoms with E-state index in [0.29, 0.717) is 6.42 Å². The smallest absolute Gasteiger partial charge is 0.155 e. The number of carbonyl (C=O) groups excluding carboxylic acids is 1. The normalized spacial score (nSPS) is 10.9. The second kappa shape index (κ2) is 7.66. The molecule has 0 saturated heterocycles. The third-order valence-corrected chi connectivity index (χ3v) is 2.49. The Morgan fingerprint density at radius 1 is 1.41 bits per heavy atom. The van der Waals surface area contributed by atoms with Gasteiger partial charge >= 0.3 is 0 Å². The van der Waals surface area contributed by atoms with Crippen molar-refractivity contribution in [1.82, 2.24) is 0 Å². The molecule has 0 unspecified atom stereocenters. The molecule has 0 spiro atoms. The zero-order chi connectivity index (χ0) is 12.5. The molecule has 17 heavy (non-hydrogen) atoms. The summed E-state index contributed by atoms with van der Waals surface area (Å²) in [4.78, 5) is 11.5. The Morgan fingerprint density at radius 3 is 2.94 bits per heavy atom. The molecule has 1 aromatic rings. The monoisotopic (exact) mass is 232 g/mol. The fourth-order valence-corrected chi connectivity index (χ4v) is 1.54. The summed E-state index contributed by atoms with van der Waals surface area (Å²) in [5, 5.41) is 0. The summed E-state index contributed by atoms with van der Waals surface area (Å²) in [5.41, 5.74) is 0. The molecule has 1 rings (SSSR count). The SMILES string of the molecule is C=CCc1ccc(C=CC(=O)CCCCC)o1. The largest absolute Gasteiger partial charge is 0.461 e. The van der Waals surface area contributed by atoms with Crippen LogP contribution in [0.2, 0.25) is 0 Å². The first-order valence-electron chi connectivity index (χ1n) is 6.16. The predicted molar refractivity (Wildman–Crippen MR) is 70.8 cm³/mol. The van der Waals surface area contributed by atoms with Gasteiger partial charge in [-0.25, -0.2) is 0 Å². The lowest BCUT2D eigenvalue weighted by Crippen LogP contribution is -1.91. The van der Waals surface area contributed by atoms with Crippen LogP contribution in [0.25, 0.3) is 6.08 Å². The summed E-state index contributed by atoms with van der Waals surface area (Å²) in [6.07, 6.45) is 9.71. The van der Waals surface area contributed by atoms with Gasteiger partial charge < -0.3 is 4.42 Å². The number of ketones is 1. The average Bonchev–Trinajstić information content (AvgIpc) is 2.75. The highest BCUT2D eigenvalue weighted by atomic mass is 16.3. The predicted octanol–water partition coefficient (Wildman–Crippen LogP) is 4.17. The Hall–Kier alpha value is -1.57. The molecule has 1 heterocycles. The van der Waals surface area contributed by atoms with Crippen LogP contribution in [0.3, 0.4) is 0 Å². The minimum Gasteiger partial charge on any atom is -0.461 e. The van der Waals surface area contributed by atoms with Crippen molar-refractivity contribution >= 4 is 11.9 Å². The van der Waals surface area contributed by atoms with Gasteiger partial charge in [-0.1, -0.05) is 25.8 Å². The number of unbranched alkanes of at least 4 members (excludes halogenated alkanes) is 2. The fourth-order valence-electron chi connectivity index (χ4n) is 1.54. The van der Waals surface area contributed by atoms with Gasteiger partial charge in [-0.15, -0.1) is 6.58 Å². The van der Waals surface area contributed by atoms with Crippen molar-refractivity contribution < 1.29 is 9.21 Å². The number of rotatable bonds is 8. The van der Waals surface area contributed by atoms with Crippen LogP contribution in [0.15, 0.2) is 35.3 Å². The molecule has 92 valence electrons. The van der Waals surface area contributed by atoms with Crippen LogP contribution in [0.5, 0.6) is 0 Å².